The first-order chi connectivity index (χ1) is 9.58. The monoisotopic (exact) mass is 279 g/mol. The average molecular weight is 279 g/mol. The van der Waals surface area contributed by atoms with E-state index in [1.165, 1.54) is 25.7 Å². The Morgan fingerprint density at radius 2 is 1.95 bits per heavy atom. The van der Waals surface area contributed by atoms with E-state index in [4.69, 9.17) is 10.3 Å². The van der Waals surface area contributed by atoms with Gasteiger partial charge >= 0.3 is 0 Å². The quantitative estimate of drug-likeness (QED) is 0.865. The van der Waals surface area contributed by atoms with Crippen LogP contribution in [0.4, 0.5) is 0 Å². The molecule has 1 aromatic heterocycles. The van der Waals surface area contributed by atoms with Crippen LogP contribution in [0.5, 0.6) is 0 Å². The molecular formula is C16H29N3O. The average Bonchev–Trinajstić information content (AvgIpc) is 2.87. The van der Waals surface area contributed by atoms with Gasteiger partial charge in [-0.1, -0.05) is 38.8 Å². The third-order valence-electron chi connectivity index (χ3n) is 4.47. The van der Waals surface area contributed by atoms with Gasteiger partial charge in [0, 0.05) is 12.3 Å². The Labute approximate surface area is 122 Å². The fourth-order valence-electron chi connectivity index (χ4n) is 3.21. The number of nitrogens with zero attached hydrogens (tertiary/aromatic N) is 2. The van der Waals surface area contributed by atoms with Crippen LogP contribution in [0.3, 0.4) is 0 Å². The molecule has 1 aliphatic carbocycles. The lowest BCUT2D eigenvalue weighted by molar-refractivity contribution is 0.313. The molecule has 20 heavy (non-hydrogen) atoms. The predicted molar refractivity (Wildman–Crippen MR) is 80.4 cm³/mol. The minimum atomic E-state index is 0.453. The fourth-order valence-corrected chi connectivity index (χ4v) is 3.21. The smallest absolute Gasteiger partial charge is 0.226 e. The van der Waals surface area contributed by atoms with Crippen LogP contribution in [0.25, 0.3) is 0 Å². The summed E-state index contributed by atoms with van der Waals surface area (Å²) in [6.07, 6.45) is 6.92. The second-order valence-electron chi connectivity index (χ2n) is 6.94. The molecule has 4 nitrogen and oxygen atoms in total. The standard InChI is InChI=1S/C16H29N3O/c1-11(2)8-13(10-17)9-15-18-16(19-20-15)14-6-4-12(3)5-7-14/h11-14H,4-10,17H2,1-3H3/t12?,13-,14?/m0/s1. The molecule has 0 spiro atoms. The molecule has 1 fully saturated rings. The lowest BCUT2D eigenvalue weighted by Gasteiger charge is -2.23. The second kappa shape index (κ2) is 7.21. The number of aromatic nitrogens is 2. The predicted octanol–water partition coefficient (Wildman–Crippen LogP) is 3.53. The highest BCUT2D eigenvalue weighted by molar-refractivity contribution is 4.98. The van der Waals surface area contributed by atoms with Crippen LogP contribution in [-0.4, -0.2) is 16.7 Å². The van der Waals surface area contributed by atoms with Crippen LogP contribution in [0.15, 0.2) is 4.52 Å². The summed E-state index contributed by atoms with van der Waals surface area (Å²) >= 11 is 0. The first-order valence-corrected chi connectivity index (χ1v) is 8.11. The highest BCUT2D eigenvalue weighted by Crippen LogP contribution is 2.34. The molecule has 0 aliphatic heterocycles. The maximum absolute atomic E-state index is 5.84. The number of hydrogen-bond acceptors (Lipinski definition) is 4. The molecule has 1 heterocycles. The van der Waals surface area contributed by atoms with E-state index in [1.807, 2.05) is 0 Å². The highest BCUT2D eigenvalue weighted by Gasteiger charge is 2.24. The second-order valence-corrected chi connectivity index (χ2v) is 6.94. The Hall–Kier alpha value is -0.900. The largest absolute Gasteiger partial charge is 0.339 e. The summed E-state index contributed by atoms with van der Waals surface area (Å²) in [5.41, 5.74) is 5.84. The molecule has 0 unspecified atom stereocenters. The molecule has 0 aromatic carbocycles. The molecule has 4 heteroatoms. The normalized spacial score (nSPS) is 25.1. The zero-order chi connectivity index (χ0) is 14.5. The number of nitrogens with two attached hydrogens (primary N) is 1. The van der Waals surface area contributed by atoms with Gasteiger partial charge in [-0.25, -0.2) is 0 Å². The molecule has 1 aromatic rings. The van der Waals surface area contributed by atoms with Crippen LogP contribution in [0, 0.1) is 17.8 Å². The van der Waals surface area contributed by atoms with Gasteiger partial charge in [-0.15, -0.1) is 0 Å². The number of rotatable bonds is 6. The Bertz CT molecular complexity index is 394. The van der Waals surface area contributed by atoms with Gasteiger partial charge in [-0.2, -0.15) is 4.98 Å². The van der Waals surface area contributed by atoms with Crippen LogP contribution < -0.4 is 5.73 Å². The molecule has 114 valence electrons. The molecule has 0 saturated heterocycles. The van der Waals surface area contributed by atoms with Crippen LogP contribution in [0.1, 0.15) is 70.5 Å². The van der Waals surface area contributed by atoms with E-state index < -0.39 is 0 Å². The van der Waals surface area contributed by atoms with Gasteiger partial charge in [0.15, 0.2) is 5.82 Å². The zero-order valence-corrected chi connectivity index (χ0v) is 13.1. The van der Waals surface area contributed by atoms with Crippen molar-refractivity contribution < 1.29 is 4.52 Å². The van der Waals surface area contributed by atoms with E-state index in [-0.39, 0.29) is 0 Å². The Morgan fingerprint density at radius 3 is 2.55 bits per heavy atom. The fraction of sp³-hybridized carbons (Fsp3) is 0.875. The van der Waals surface area contributed by atoms with Crippen molar-refractivity contribution in [2.75, 3.05) is 6.54 Å². The van der Waals surface area contributed by atoms with E-state index >= 15 is 0 Å². The van der Waals surface area contributed by atoms with Crippen LogP contribution in [-0.2, 0) is 6.42 Å². The maximum atomic E-state index is 5.84. The van der Waals surface area contributed by atoms with Crippen molar-refractivity contribution in [3.8, 4) is 0 Å². The van der Waals surface area contributed by atoms with E-state index in [0.717, 1.165) is 30.5 Å². The minimum absolute atomic E-state index is 0.453. The third-order valence-corrected chi connectivity index (χ3v) is 4.47. The van der Waals surface area contributed by atoms with Crippen molar-refractivity contribution in [3.63, 3.8) is 0 Å². The lowest BCUT2D eigenvalue weighted by atomic mass is 9.83. The molecule has 1 aliphatic rings. The molecule has 1 atom stereocenters. The first-order valence-electron chi connectivity index (χ1n) is 8.11. The van der Waals surface area contributed by atoms with Crippen molar-refractivity contribution >= 4 is 0 Å². The van der Waals surface area contributed by atoms with Crippen LogP contribution in [0.2, 0.25) is 0 Å². The lowest BCUT2D eigenvalue weighted by Crippen LogP contribution is -2.19. The summed E-state index contributed by atoms with van der Waals surface area (Å²) in [6.45, 7) is 7.47. The SMILES string of the molecule is CC(C)C[C@H](CN)Cc1nc(C2CCC(C)CC2)no1. The van der Waals surface area contributed by atoms with Crippen molar-refractivity contribution in [1.82, 2.24) is 10.1 Å². The molecule has 0 radical (unpaired) electrons. The molecule has 2 rings (SSSR count). The van der Waals surface area contributed by atoms with Crippen LogP contribution >= 0.6 is 0 Å². The van der Waals surface area contributed by atoms with Gasteiger partial charge in [-0.05, 0) is 43.6 Å². The molecule has 2 N–H and O–H groups in total. The van der Waals surface area contributed by atoms with Crippen molar-refractivity contribution in [2.24, 2.45) is 23.5 Å². The van der Waals surface area contributed by atoms with Gasteiger partial charge in [-0.3, -0.25) is 0 Å². The summed E-state index contributed by atoms with van der Waals surface area (Å²) < 4.78 is 5.44. The summed E-state index contributed by atoms with van der Waals surface area (Å²) in [5, 5.41) is 4.20. The topological polar surface area (TPSA) is 64.9 Å². The van der Waals surface area contributed by atoms with Crippen molar-refractivity contribution in [3.05, 3.63) is 11.7 Å². The zero-order valence-electron chi connectivity index (χ0n) is 13.1. The summed E-state index contributed by atoms with van der Waals surface area (Å²) in [4.78, 5) is 4.62. The van der Waals surface area contributed by atoms with E-state index in [0.29, 0.717) is 24.3 Å². The van der Waals surface area contributed by atoms with Crippen molar-refractivity contribution in [1.29, 1.82) is 0 Å². The first kappa shape index (κ1) is 15.5. The molecule has 0 bridgehead atoms. The third kappa shape index (κ3) is 4.30. The van der Waals surface area contributed by atoms with Gasteiger partial charge in [0.25, 0.3) is 0 Å². The van der Waals surface area contributed by atoms with E-state index in [1.54, 1.807) is 0 Å². The molecule has 0 amide bonds. The molecule has 1 saturated carbocycles. The Kier molecular flexibility index (Phi) is 5.58. The number of hydrogen-bond donors (Lipinski definition) is 1. The van der Waals surface area contributed by atoms with Gasteiger partial charge < -0.3 is 10.3 Å². The Morgan fingerprint density at radius 1 is 1.25 bits per heavy atom. The summed E-state index contributed by atoms with van der Waals surface area (Å²) in [5.74, 6) is 4.16. The van der Waals surface area contributed by atoms with Gasteiger partial charge in [0.2, 0.25) is 5.89 Å². The van der Waals surface area contributed by atoms with Gasteiger partial charge in [0.05, 0.1) is 0 Å². The highest BCUT2D eigenvalue weighted by atomic mass is 16.5. The summed E-state index contributed by atoms with van der Waals surface area (Å²) in [7, 11) is 0. The van der Waals surface area contributed by atoms with Crippen molar-refractivity contribution in [2.45, 2.75) is 65.2 Å². The van der Waals surface area contributed by atoms with E-state index in [2.05, 4.69) is 30.9 Å². The van der Waals surface area contributed by atoms with Gasteiger partial charge in [0.1, 0.15) is 0 Å². The Balaban J connectivity index is 1.91. The summed E-state index contributed by atoms with van der Waals surface area (Å²) in [6, 6.07) is 0. The van der Waals surface area contributed by atoms with E-state index in [9.17, 15) is 0 Å². The minimum Gasteiger partial charge on any atom is -0.339 e. The maximum Gasteiger partial charge on any atom is 0.226 e. The molecular weight excluding hydrogens is 250 g/mol.